The van der Waals surface area contributed by atoms with Crippen LogP contribution in [-0.4, -0.2) is 45.8 Å². The van der Waals surface area contributed by atoms with E-state index in [1.54, 1.807) is 12.1 Å². The van der Waals surface area contributed by atoms with E-state index < -0.39 is 37.7 Å². The Kier molecular flexibility index (Phi) is 6.25. The van der Waals surface area contributed by atoms with Crippen LogP contribution in [0.1, 0.15) is 67.3 Å². The first-order valence-corrected chi connectivity index (χ1v) is 16.1. The highest BCUT2D eigenvalue weighted by molar-refractivity contribution is 7.89. The van der Waals surface area contributed by atoms with E-state index in [1.165, 1.54) is 24.3 Å². The van der Waals surface area contributed by atoms with Gasteiger partial charge in [0.15, 0.2) is 5.78 Å². The van der Waals surface area contributed by atoms with E-state index in [1.807, 2.05) is 0 Å². The zero-order valence-electron chi connectivity index (χ0n) is 20.7. The quantitative estimate of drug-likeness (QED) is 0.403. The zero-order chi connectivity index (χ0) is 26.8. The third kappa shape index (κ3) is 4.49. The molecule has 3 fully saturated rings. The summed E-state index contributed by atoms with van der Waals surface area (Å²) in [5.74, 6) is -0.768. The number of carboxylic acid groups (broad SMARTS) is 1. The molecule has 2 bridgehead atoms. The molecule has 0 heterocycles. The molecule has 3 unspecified atom stereocenters. The van der Waals surface area contributed by atoms with E-state index in [2.05, 4.69) is 9.44 Å². The Bertz CT molecular complexity index is 1540. The lowest BCUT2D eigenvalue weighted by Crippen LogP contribution is -2.38. The molecule has 0 radical (unpaired) electrons. The van der Waals surface area contributed by atoms with E-state index >= 15 is 0 Å². The smallest absolute Gasteiger partial charge is 0.306 e. The summed E-state index contributed by atoms with van der Waals surface area (Å²) in [5.41, 5.74) is 1.60. The van der Waals surface area contributed by atoms with Gasteiger partial charge in [0.1, 0.15) is 0 Å². The average molecular weight is 559 g/mol. The summed E-state index contributed by atoms with van der Waals surface area (Å²) < 4.78 is 57.9. The van der Waals surface area contributed by atoms with Crippen molar-refractivity contribution in [2.45, 2.75) is 73.2 Å². The molecule has 4 aliphatic rings. The van der Waals surface area contributed by atoms with Crippen molar-refractivity contribution in [1.29, 1.82) is 0 Å². The van der Waals surface area contributed by atoms with Gasteiger partial charge in [-0.3, -0.25) is 9.59 Å². The standard InChI is InChI=1S/C27H30N2O7S2/c30-26-23-13-19(37(33,34)28-18-5-3-16(4-6-18)27(31)32)7-9-21(23)22-10-8-20(14-24(22)26)38(35,36)29-25-12-15-1-2-17(25)11-15/h7-10,13-18,25,28-29H,1-6,11-12H2,(H,31,32)/t15?,16-,17?,18-,25?. The number of carbonyl (C=O) groups is 2. The molecule has 9 nitrogen and oxygen atoms in total. The Morgan fingerprint density at radius 3 is 1.82 bits per heavy atom. The topological polar surface area (TPSA) is 147 Å². The van der Waals surface area contributed by atoms with E-state index in [4.69, 9.17) is 5.11 Å². The SMILES string of the molecule is O=C1c2cc(S(=O)(=O)NC3CC4CCC3C4)ccc2-c2ccc(S(=O)(=O)N[C@H]3CC[C@H](C(=O)O)CC3)cc21. The predicted molar refractivity (Wildman–Crippen MR) is 139 cm³/mol. The highest BCUT2D eigenvalue weighted by Crippen LogP contribution is 2.45. The normalized spacial score (nSPS) is 28.3. The Labute approximate surface area is 222 Å². The molecule has 38 heavy (non-hydrogen) atoms. The number of nitrogens with one attached hydrogen (secondary N) is 2. The number of rotatable bonds is 7. The fraction of sp³-hybridized carbons (Fsp3) is 0.481. The minimum absolute atomic E-state index is 0.0339. The van der Waals surface area contributed by atoms with Gasteiger partial charge in [-0.05, 0) is 92.2 Å². The molecule has 0 spiro atoms. The Balaban J connectivity index is 1.21. The van der Waals surface area contributed by atoms with Gasteiger partial charge in [-0.25, -0.2) is 26.3 Å². The zero-order valence-corrected chi connectivity index (χ0v) is 22.4. The van der Waals surface area contributed by atoms with Crippen molar-refractivity contribution < 1.29 is 31.5 Å². The van der Waals surface area contributed by atoms with Crippen molar-refractivity contribution >= 4 is 31.8 Å². The second-order valence-electron chi connectivity index (χ2n) is 11.2. The Morgan fingerprint density at radius 1 is 0.737 bits per heavy atom. The summed E-state index contributed by atoms with van der Waals surface area (Å²) in [7, 11) is -7.74. The summed E-state index contributed by atoms with van der Waals surface area (Å²) in [6.45, 7) is 0. The Morgan fingerprint density at radius 2 is 1.32 bits per heavy atom. The maximum absolute atomic E-state index is 13.3. The summed E-state index contributed by atoms with van der Waals surface area (Å²) in [6.07, 6.45) is 5.79. The molecular weight excluding hydrogens is 528 g/mol. The fourth-order valence-electron chi connectivity index (χ4n) is 6.77. The second-order valence-corrected chi connectivity index (χ2v) is 14.6. The molecule has 0 amide bonds. The number of benzene rings is 2. The summed E-state index contributed by atoms with van der Waals surface area (Å²) in [6, 6.07) is 8.42. The minimum atomic E-state index is -3.93. The monoisotopic (exact) mass is 558 g/mol. The lowest BCUT2D eigenvalue weighted by Gasteiger charge is -2.26. The van der Waals surface area contributed by atoms with Gasteiger partial charge >= 0.3 is 5.97 Å². The van der Waals surface area contributed by atoms with Crippen LogP contribution in [0.4, 0.5) is 0 Å². The number of hydrogen-bond acceptors (Lipinski definition) is 6. The van der Waals surface area contributed by atoms with Crippen molar-refractivity contribution in [2.75, 3.05) is 0 Å². The molecule has 0 aromatic heterocycles. The molecular formula is C27H30N2O7S2. The van der Waals surface area contributed by atoms with E-state index in [-0.39, 0.29) is 33.0 Å². The summed E-state index contributed by atoms with van der Waals surface area (Å²) in [5, 5.41) is 9.16. The van der Waals surface area contributed by atoms with Crippen LogP contribution in [0.2, 0.25) is 0 Å². The van der Waals surface area contributed by atoms with Crippen LogP contribution in [0.3, 0.4) is 0 Å². The lowest BCUT2D eigenvalue weighted by atomic mass is 9.87. The van der Waals surface area contributed by atoms with Gasteiger partial charge in [0, 0.05) is 23.2 Å². The van der Waals surface area contributed by atoms with Crippen molar-refractivity contribution in [3.8, 4) is 11.1 Å². The van der Waals surface area contributed by atoms with Gasteiger partial charge in [0.25, 0.3) is 0 Å². The predicted octanol–water partition coefficient (Wildman–Crippen LogP) is 3.29. The Hall–Kier alpha value is -2.60. The van der Waals surface area contributed by atoms with Gasteiger partial charge in [0.2, 0.25) is 20.0 Å². The van der Waals surface area contributed by atoms with Gasteiger partial charge in [0.05, 0.1) is 15.7 Å². The van der Waals surface area contributed by atoms with Crippen molar-refractivity contribution in [3.63, 3.8) is 0 Å². The number of carbonyl (C=O) groups excluding carboxylic acids is 1. The van der Waals surface area contributed by atoms with Crippen LogP contribution < -0.4 is 9.44 Å². The number of fused-ring (bicyclic) bond motifs is 5. The van der Waals surface area contributed by atoms with Crippen molar-refractivity contribution in [3.05, 3.63) is 47.5 Å². The van der Waals surface area contributed by atoms with E-state index in [0.29, 0.717) is 48.6 Å². The molecule has 2 aromatic carbocycles. The highest BCUT2D eigenvalue weighted by Gasteiger charge is 2.41. The minimum Gasteiger partial charge on any atom is -0.481 e. The van der Waals surface area contributed by atoms with Gasteiger partial charge in [-0.2, -0.15) is 0 Å². The van der Waals surface area contributed by atoms with Crippen LogP contribution in [0.15, 0.2) is 46.2 Å². The van der Waals surface area contributed by atoms with Crippen molar-refractivity contribution in [2.24, 2.45) is 17.8 Å². The molecule has 0 aliphatic heterocycles. The molecule has 202 valence electrons. The average Bonchev–Trinajstić information content (AvgIpc) is 3.57. The highest BCUT2D eigenvalue weighted by atomic mass is 32.2. The first-order chi connectivity index (χ1) is 18.0. The van der Waals surface area contributed by atoms with Gasteiger partial charge < -0.3 is 5.11 Å². The van der Waals surface area contributed by atoms with Gasteiger partial charge in [-0.1, -0.05) is 18.6 Å². The third-order valence-electron chi connectivity index (χ3n) is 8.82. The fourth-order valence-corrected chi connectivity index (χ4v) is 9.45. The molecule has 3 saturated carbocycles. The van der Waals surface area contributed by atoms with E-state index in [9.17, 15) is 26.4 Å². The molecule has 3 atom stereocenters. The number of hydrogen-bond donors (Lipinski definition) is 3. The number of ketones is 1. The molecule has 0 saturated heterocycles. The van der Waals surface area contributed by atoms with Crippen LogP contribution in [0.5, 0.6) is 0 Å². The van der Waals surface area contributed by atoms with Crippen LogP contribution in [0.25, 0.3) is 11.1 Å². The number of sulfonamides is 2. The first kappa shape index (κ1) is 25.7. The molecule has 4 aliphatic carbocycles. The number of carboxylic acids is 1. The second kappa shape index (κ2) is 9.25. The largest absolute Gasteiger partial charge is 0.481 e. The maximum Gasteiger partial charge on any atom is 0.306 e. The summed E-state index contributed by atoms with van der Waals surface area (Å²) >= 11 is 0. The summed E-state index contributed by atoms with van der Waals surface area (Å²) in [4.78, 5) is 24.5. The lowest BCUT2D eigenvalue weighted by molar-refractivity contribution is -0.142. The van der Waals surface area contributed by atoms with Crippen LogP contribution in [0, 0.1) is 17.8 Å². The number of aliphatic carboxylic acids is 1. The van der Waals surface area contributed by atoms with Crippen LogP contribution >= 0.6 is 0 Å². The molecule has 6 rings (SSSR count). The van der Waals surface area contributed by atoms with E-state index in [0.717, 1.165) is 25.7 Å². The third-order valence-corrected chi connectivity index (χ3v) is 11.8. The first-order valence-electron chi connectivity index (χ1n) is 13.1. The molecule has 3 N–H and O–H groups in total. The van der Waals surface area contributed by atoms with Crippen LogP contribution in [-0.2, 0) is 24.8 Å². The van der Waals surface area contributed by atoms with Crippen molar-refractivity contribution in [1.82, 2.24) is 9.44 Å². The van der Waals surface area contributed by atoms with Gasteiger partial charge in [-0.15, -0.1) is 0 Å². The maximum atomic E-state index is 13.3. The molecule has 11 heteroatoms. The molecule has 2 aromatic rings.